The van der Waals surface area contributed by atoms with Crippen molar-refractivity contribution in [3.05, 3.63) is 54.4 Å². The molecule has 0 amide bonds. The largest absolute Gasteiger partial charge is 0.449 e. The number of para-hydroxylation sites is 2. The summed E-state index contributed by atoms with van der Waals surface area (Å²) in [5.74, 6) is -0.753. The topological polar surface area (TPSA) is 58.4 Å². The number of anilines is 1. The molecule has 0 spiro atoms. The third kappa shape index (κ3) is 4.33. The molecule has 32 heavy (non-hydrogen) atoms. The van der Waals surface area contributed by atoms with Gasteiger partial charge in [0.1, 0.15) is 0 Å². The summed E-state index contributed by atoms with van der Waals surface area (Å²) >= 11 is 0. The Labute approximate surface area is 185 Å². The van der Waals surface area contributed by atoms with E-state index >= 15 is 0 Å². The van der Waals surface area contributed by atoms with E-state index in [1.807, 2.05) is 0 Å². The lowest BCUT2D eigenvalue weighted by Gasteiger charge is -2.34. The summed E-state index contributed by atoms with van der Waals surface area (Å²) < 4.78 is 67.6. The molecule has 1 saturated heterocycles. The molecule has 172 valence electrons. The fourth-order valence-corrected chi connectivity index (χ4v) is 5.05. The fraction of sp³-hybridized carbons (Fsp3) is 0.409. The van der Waals surface area contributed by atoms with Gasteiger partial charge in [-0.2, -0.15) is 13.2 Å². The summed E-state index contributed by atoms with van der Waals surface area (Å²) in [4.78, 5) is 6.19. The van der Waals surface area contributed by atoms with Crippen LogP contribution >= 0.6 is 0 Å². The van der Waals surface area contributed by atoms with E-state index in [1.165, 1.54) is 23.0 Å². The number of hydrogen-bond acceptors (Lipinski definition) is 4. The van der Waals surface area contributed by atoms with Crippen molar-refractivity contribution in [2.45, 2.75) is 30.5 Å². The number of piperidine rings is 1. The Morgan fingerprint density at radius 3 is 2.25 bits per heavy atom. The Hall–Kier alpha value is -2.59. The minimum atomic E-state index is -4.51. The van der Waals surface area contributed by atoms with E-state index in [2.05, 4.69) is 9.88 Å². The summed E-state index contributed by atoms with van der Waals surface area (Å²) in [5.41, 5.74) is 1.76. The van der Waals surface area contributed by atoms with Gasteiger partial charge in [0.25, 0.3) is 0 Å². The van der Waals surface area contributed by atoms with Crippen LogP contribution in [0.2, 0.25) is 0 Å². The molecule has 0 N–H and O–H groups in total. The molecule has 0 bridgehead atoms. The van der Waals surface area contributed by atoms with Crippen LogP contribution in [0.3, 0.4) is 0 Å². The first-order chi connectivity index (χ1) is 15.1. The Morgan fingerprint density at radius 1 is 1.03 bits per heavy atom. The van der Waals surface area contributed by atoms with Crippen LogP contribution in [-0.4, -0.2) is 49.5 Å². The third-order valence-corrected chi connectivity index (χ3v) is 7.77. The predicted molar refractivity (Wildman–Crippen MR) is 117 cm³/mol. The molecule has 2 aromatic carbocycles. The highest BCUT2D eigenvalue weighted by atomic mass is 32.2. The van der Waals surface area contributed by atoms with Crippen LogP contribution in [0.25, 0.3) is 11.0 Å². The summed E-state index contributed by atoms with van der Waals surface area (Å²) in [6, 6.07) is 13.4. The van der Waals surface area contributed by atoms with E-state index in [1.54, 1.807) is 48.5 Å². The molecule has 1 aliphatic heterocycles. The number of hydrogen-bond donors (Lipinski definition) is 0. The second-order valence-corrected chi connectivity index (χ2v) is 10.4. The summed E-state index contributed by atoms with van der Waals surface area (Å²) in [5, 5.41) is 0. The van der Waals surface area contributed by atoms with Crippen LogP contribution in [0.4, 0.5) is 18.9 Å². The predicted octanol–water partition coefficient (Wildman–Crippen LogP) is 4.22. The van der Waals surface area contributed by atoms with Crippen LogP contribution in [0.15, 0.2) is 53.4 Å². The minimum Gasteiger partial charge on any atom is -0.372 e. The zero-order valence-electron chi connectivity index (χ0n) is 17.9. The van der Waals surface area contributed by atoms with Gasteiger partial charge in [0.2, 0.25) is 15.8 Å². The van der Waals surface area contributed by atoms with Gasteiger partial charge in [-0.3, -0.25) is 0 Å². The molecule has 0 aliphatic carbocycles. The van der Waals surface area contributed by atoms with Gasteiger partial charge in [-0.1, -0.05) is 12.1 Å². The van der Waals surface area contributed by atoms with E-state index in [0.717, 1.165) is 18.5 Å². The van der Waals surface area contributed by atoms with Crippen LogP contribution in [0.1, 0.15) is 18.7 Å². The zero-order chi connectivity index (χ0) is 23.1. The van der Waals surface area contributed by atoms with E-state index in [0.29, 0.717) is 24.1 Å². The lowest BCUT2D eigenvalue weighted by Crippen LogP contribution is -2.35. The van der Waals surface area contributed by atoms with Gasteiger partial charge in [0, 0.05) is 39.4 Å². The molecule has 0 radical (unpaired) electrons. The van der Waals surface area contributed by atoms with Gasteiger partial charge in [-0.05, 0) is 55.2 Å². The normalized spacial score (nSPS) is 16.2. The number of fused-ring (bicyclic) bond motifs is 1. The van der Waals surface area contributed by atoms with Crippen molar-refractivity contribution in [1.29, 1.82) is 0 Å². The standard InChI is InChI=1S/C22H25F3N4O2S/c1-27(2)32(30,31)18-9-7-17(8-10-18)28-13-11-16(12-14-28)15-29-20-6-4-3-5-19(20)26-21(29)22(23,24)25/h3-10,16H,11-15H2,1-2H3. The number of aromatic nitrogens is 2. The average molecular weight is 467 g/mol. The highest BCUT2D eigenvalue weighted by Crippen LogP contribution is 2.33. The van der Waals surface area contributed by atoms with Crippen molar-refractivity contribution in [3.8, 4) is 0 Å². The second kappa shape index (κ2) is 8.40. The highest BCUT2D eigenvalue weighted by molar-refractivity contribution is 7.89. The van der Waals surface area contributed by atoms with Gasteiger partial charge in [-0.15, -0.1) is 0 Å². The number of alkyl halides is 3. The third-order valence-electron chi connectivity index (χ3n) is 5.94. The van der Waals surface area contributed by atoms with E-state index in [4.69, 9.17) is 0 Å². The first-order valence-electron chi connectivity index (χ1n) is 10.4. The maximum Gasteiger partial charge on any atom is 0.449 e. The van der Waals surface area contributed by atoms with Gasteiger partial charge in [0.15, 0.2) is 0 Å². The molecule has 0 atom stereocenters. The minimum absolute atomic E-state index is 0.0957. The summed E-state index contributed by atoms with van der Waals surface area (Å²) in [6.45, 7) is 1.65. The summed E-state index contributed by atoms with van der Waals surface area (Å²) in [7, 11) is -0.507. The van der Waals surface area contributed by atoms with Gasteiger partial charge in [0.05, 0.1) is 15.9 Å². The molecule has 1 aromatic heterocycles. The molecule has 0 saturated carbocycles. The van der Waals surface area contributed by atoms with E-state index in [-0.39, 0.29) is 17.4 Å². The number of rotatable bonds is 5. The van der Waals surface area contributed by atoms with Crippen molar-refractivity contribution in [2.24, 2.45) is 5.92 Å². The van der Waals surface area contributed by atoms with Crippen molar-refractivity contribution >= 4 is 26.7 Å². The Kier molecular flexibility index (Phi) is 5.93. The molecular weight excluding hydrogens is 441 g/mol. The van der Waals surface area contributed by atoms with Crippen molar-refractivity contribution in [2.75, 3.05) is 32.1 Å². The fourth-order valence-electron chi connectivity index (χ4n) is 4.15. The van der Waals surface area contributed by atoms with Crippen LogP contribution in [0.5, 0.6) is 0 Å². The molecular formula is C22H25F3N4O2S. The average Bonchev–Trinajstić information content (AvgIpc) is 3.13. The molecule has 2 heterocycles. The number of imidazole rings is 1. The summed E-state index contributed by atoms with van der Waals surface area (Å²) in [6.07, 6.45) is -3.03. The maximum absolute atomic E-state index is 13.6. The number of nitrogens with zero attached hydrogens (tertiary/aromatic N) is 4. The SMILES string of the molecule is CN(C)S(=O)(=O)c1ccc(N2CCC(Cn3c(C(F)(F)F)nc4ccccc43)CC2)cc1. The molecule has 4 rings (SSSR count). The first-order valence-corrected chi connectivity index (χ1v) is 11.8. The second-order valence-electron chi connectivity index (χ2n) is 8.24. The van der Waals surface area contributed by atoms with E-state index in [9.17, 15) is 21.6 Å². The van der Waals surface area contributed by atoms with Gasteiger partial charge < -0.3 is 9.47 Å². The number of sulfonamides is 1. The van der Waals surface area contributed by atoms with Crippen LogP contribution in [0, 0.1) is 5.92 Å². The molecule has 0 unspecified atom stereocenters. The van der Waals surface area contributed by atoms with Crippen molar-refractivity contribution in [1.82, 2.24) is 13.9 Å². The smallest absolute Gasteiger partial charge is 0.372 e. The monoisotopic (exact) mass is 466 g/mol. The number of halogens is 3. The molecule has 1 fully saturated rings. The molecule has 1 aliphatic rings. The Morgan fingerprint density at radius 2 is 1.66 bits per heavy atom. The lowest BCUT2D eigenvalue weighted by atomic mass is 9.96. The van der Waals surface area contributed by atoms with E-state index < -0.39 is 22.0 Å². The van der Waals surface area contributed by atoms with Crippen LogP contribution < -0.4 is 4.90 Å². The Balaban J connectivity index is 1.46. The highest BCUT2D eigenvalue weighted by Gasteiger charge is 2.38. The quantitative estimate of drug-likeness (QED) is 0.565. The molecule has 3 aromatic rings. The van der Waals surface area contributed by atoms with Crippen molar-refractivity contribution in [3.63, 3.8) is 0 Å². The zero-order valence-corrected chi connectivity index (χ0v) is 18.7. The van der Waals surface area contributed by atoms with Gasteiger partial charge in [-0.25, -0.2) is 17.7 Å². The lowest BCUT2D eigenvalue weighted by molar-refractivity contribution is -0.147. The van der Waals surface area contributed by atoms with Crippen molar-refractivity contribution < 1.29 is 21.6 Å². The molecule has 6 nitrogen and oxygen atoms in total. The first kappa shape index (κ1) is 22.6. The maximum atomic E-state index is 13.6. The van der Waals surface area contributed by atoms with Crippen LogP contribution in [-0.2, 0) is 22.7 Å². The Bertz CT molecular complexity index is 1200. The number of benzene rings is 2. The van der Waals surface area contributed by atoms with Gasteiger partial charge >= 0.3 is 6.18 Å². The molecule has 10 heteroatoms.